The Labute approximate surface area is 62.8 Å². The predicted molar refractivity (Wildman–Crippen MR) is 40.6 cm³/mol. The molecule has 0 unspecified atom stereocenters. The van der Waals surface area contributed by atoms with Gasteiger partial charge >= 0.3 is 0 Å². The molecule has 0 spiro atoms. The predicted octanol–water partition coefficient (Wildman–Crippen LogP) is 2.11. The Morgan fingerprint density at radius 1 is 1.40 bits per heavy atom. The molecule has 0 amide bonds. The van der Waals surface area contributed by atoms with Crippen molar-refractivity contribution in [2.24, 2.45) is 0 Å². The van der Waals surface area contributed by atoms with E-state index in [1.165, 1.54) is 0 Å². The van der Waals surface area contributed by atoms with Crippen LogP contribution in [0.1, 0.15) is 33.6 Å². The van der Waals surface area contributed by atoms with E-state index in [0.29, 0.717) is 13.0 Å². The van der Waals surface area contributed by atoms with Crippen molar-refractivity contribution in [2.75, 3.05) is 6.61 Å². The Morgan fingerprint density at radius 3 is 2.40 bits per heavy atom. The second-order valence-electron chi connectivity index (χ2n) is 3.22. The van der Waals surface area contributed by atoms with Gasteiger partial charge in [-0.2, -0.15) is 5.26 Å². The lowest BCUT2D eigenvalue weighted by molar-refractivity contribution is -0.00349. The maximum Gasteiger partial charge on any atom is 0.0622 e. The third-order valence-corrected chi connectivity index (χ3v) is 0.968. The van der Waals surface area contributed by atoms with Crippen LogP contribution in [0, 0.1) is 11.3 Å². The van der Waals surface area contributed by atoms with Crippen molar-refractivity contribution in [2.45, 2.75) is 39.2 Å². The van der Waals surface area contributed by atoms with Gasteiger partial charge < -0.3 is 4.74 Å². The standard InChI is InChI=1S/C8H15NO/c1-8(2,3)10-7-5-4-6-9/h4-5,7H2,1-3H3. The Kier molecular flexibility index (Phi) is 4.06. The van der Waals surface area contributed by atoms with Gasteiger partial charge in [-0.05, 0) is 27.2 Å². The Balaban J connectivity index is 3.14. The summed E-state index contributed by atoms with van der Waals surface area (Å²) in [7, 11) is 0. The molecule has 0 atom stereocenters. The Bertz CT molecular complexity index is 118. The van der Waals surface area contributed by atoms with Crippen molar-refractivity contribution in [3.05, 3.63) is 0 Å². The normalized spacial score (nSPS) is 11.0. The highest BCUT2D eigenvalue weighted by Crippen LogP contribution is 2.07. The van der Waals surface area contributed by atoms with Gasteiger partial charge in [0.15, 0.2) is 0 Å². The van der Waals surface area contributed by atoms with E-state index in [0.717, 1.165) is 6.42 Å². The molecule has 0 saturated carbocycles. The van der Waals surface area contributed by atoms with Gasteiger partial charge in [0, 0.05) is 13.0 Å². The largest absolute Gasteiger partial charge is 0.376 e. The molecule has 0 rings (SSSR count). The molecule has 0 N–H and O–H groups in total. The minimum atomic E-state index is -0.0601. The van der Waals surface area contributed by atoms with Crippen LogP contribution in [0.15, 0.2) is 0 Å². The highest BCUT2D eigenvalue weighted by atomic mass is 16.5. The summed E-state index contributed by atoms with van der Waals surface area (Å²) in [6.45, 7) is 6.73. The zero-order valence-corrected chi connectivity index (χ0v) is 6.98. The average molecular weight is 141 g/mol. The summed E-state index contributed by atoms with van der Waals surface area (Å²) in [6, 6.07) is 2.07. The molecular formula is C8H15NO. The van der Waals surface area contributed by atoms with Crippen LogP contribution in [0.5, 0.6) is 0 Å². The maximum atomic E-state index is 8.19. The quantitative estimate of drug-likeness (QED) is 0.564. The van der Waals surface area contributed by atoms with Gasteiger partial charge in [-0.25, -0.2) is 0 Å². The van der Waals surface area contributed by atoms with Crippen LogP contribution in [0.3, 0.4) is 0 Å². The second kappa shape index (κ2) is 4.29. The SMILES string of the molecule is CC(C)(C)OCCCC#N. The van der Waals surface area contributed by atoms with Crippen LogP contribution >= 0.6 is 0 Å². The molecule has 0 heterocycles. The van der Waals surface area contributed by atoms with Gasteiger partial charge in [-0.1, -0.05) is 0 Å². The molecule has 0 aromatic heterocycles. The molecular weight excluding hydrogens is 126 g/mol. The number of unbranched alkanes of at least 4 members (excludes halogenated alkanes) is 1. The van der Waals surface area contributed by atoms with Crippen LogP contribution in [0.4, 0.5) is 0 Å². The van der Waals surface area contributed by atoms with Gasteiger partial charge in [0.05, 0.1) is 11.7 Å². The smallest absolute Gasteiger partial charge is 0.0622 e. The minimum absolute atomic E-state index is 0.0601. The molecule has 0 aliphatic carbocycles. The maximum absolute atomic E-state index is 8.19. The minimum Gasteiger partial charge on any atom is -0.376 e. The first-order valence-corrected chi connectivity index (χ1v) is 3.57. The van der Waals surface area contributed by atoms with E-state index in [4.69, 9.17) is 10.00 Å². The van der Waals surface area contributed by atoms with Gasteiger partial charge in [0.2, 0.25) is 0 Å². The molecule has 2 nitrogen and oxygen atoms in total. The summed E-state index contributed by atoms with van der Waals surface area (Å²) in [5, 5.41) is 8.19. The van der Waals surface area contributed by atoms with E-state index < -0.39 is 0 Å². The van der Waals surface area contributed by atoms with E-state index in [1.54, 1.807) is 0 Å². The zero-order chi connectivity index (χ0) is 8.04. The molecule has 0 aliphatic rings. The van der Waals surface area contributed by atoms with Crippen molar-refractivity contribution in [3.8, 4) is 6.07 Å². The topological polar surface area (TPSA) is 33.0 Å². The molecule has 0 aromatic carbocycles. The molecule has 0 saturated heterocycles. The molecule has 0 radical (unpaired) electrons. The van der Waals surface area contributed by atoms with E-state index in [2.05, 4.69) is 6.07 Å². The lowest BCUT2D eigenvalue weighted by Crippen LogP contribution is -2.19. The van der Waals surface area contributed by atoms with E-state index in [9.17, 15) is 0 Å². The van der Waals surface area contributed by atoms with E-state index in [-0.39, 0.29) is 5.60 Å². The molecule has 58 valence electrons. The first kappa shape index (κ1) is 9.45. The van der Waals surface area contributed by atoms with E-state index in [1.807, 2.05) is 20.8 Å². The summed E-state index contributed by atoms with van der Waals surface area (Å²) in [4.78, 5) is 0. The highest BCUT2D eigenvalue weighted by molar-refractivity contribution is 4.68. The van der Waals surface area contributed by atoms with Gasteiger partial charge in [0.25, 0.3) is 0 Å². The summed E-state index contributed by atoms with van der Waals surface area (Å²) in [5.41, 5.74) is -0.0601. The monoisotopic (exact) mass is 141 g/mol. The number of hydrogen-bond acceptors (Lipinski definition) is 2. The fourth-order valence-corrected chi connectivity index (χ4v) is 0.530. The Morgan fingerprint density at radius 2 is 2.00 bits per heavy atom. The summed E-state index contributed by atoms with van der Waals surface area (Å²) < 4.78 is 5.38. The van der Waals surface area contributed by atoms with Crippen LogP contribution in [-0.4, -0.2) is 12.2 Å². The van der Waals surface area contributed by atoms with Crippen molar-refractivity contribution < 1.29 is 4.74 Å². The molecule has 0 aliphatic heterocycles. The number of rotatable bonds is 3. The van der Waals surface area contributed by atoms with Crippen molar-refractivity contribution in [1.29, 1.82) is 5.26 Å². The fourth-order valence-electron chi connectivity index (χ4n) is 0.530. The van der Waals surface area contributed by atoms with Crippen molar-refractivity contribution in [1.82, 2.24) is 0 Å². The summed E-state index contributed by atoms with van der Waals surface area (Å²) in [6.07, 6.45) is 1.43. The first-order valence-electron chi connectivity index (χ1n) is 3.57. The molecule has 10 heavy (non-hydrogen) atoms. The zero-order valence-electron chi connectivity index (χ0n) is 6.98. The second-order valence-corrected chi connectivity index (χ2v) is 3.22. The van der Waals surface area contributed by atoms with Crippen LogP contribution in [0.2, 0.25) is 0 Å². The van der Waals surface area contributed by atoms with Crippen LogP contribution in [0.25, 0.3) is 0 Å². The van der Waals surface area contributed by atoms with Gasteiger partial charge in [0.1, 0.15) is 0 Å². The fraction of sp³-hybridized carbons (Fsp3) is 0.875. The van der Waals surface area contributed by atoms with Crippen LogP contribution in [-0.2, 0) is 4.74 Å². The van der Waals surface area contributed by atoms with Crippen molar-refractivity contribution in [3.63, 3.8) is 0 Å². The van der Waals surface area contributed by atoms with Gasteiger partial charge in [-0.15, -0.1) is 0 Å². The third kappa shape index (κ3) is 7.45. The van der Waals surface area contributed by atoms with Crippen LogP contribution < -0.4 is 0 Å². The third-order valence-electron chi connectivity index (χ3n) is 0.968. The number of ether oxygens (including phenoxy) is 1. The highest BCUT2D eigenvalue weighted by Gasteiger charge is 2.08. The van der Waals surface area contributed by atoms with E-state index >= 15 is 0 Å². The number of nitriles is 1. The number of hydrogen-bond donors (Lipinski definition) is 0. The Hall–Kier alpha value is -0.550. The molecule has 0 aromatic rings. The average Bonchev–Trinajstić information content (AvgIpc) is 1.78. The molecule has 2 heteroatoms. The lowest BCUT2D eigenvalue weighted by Gasteiger charge is -2.18. The first-order chi connectivity index (χ1) is 4.56. The number of nitrogens with zero attached hydrogens (tertiary/aromatic N) is 1. The summed E-state index contributed by atoms with van der Waals surface area (Å²) in [5.74, 6) is 0. The summed E-state index contributed by atoms with van der Waals surface area (Å²) >= 11 is 0. The lowest BCUT2D eigenvalue weighted by atomic mass is 10.2. The van der Waals surface area contributed by atoms with Crippen molar-refractivity contribution >= 4 is 0 Å². The van der Waals surface area contributed by atoms with Gasteiger partial charge in [-0.3, -0.25) is 0 Å². The molecule has 0 bridgehead atoms. The molecule has 0 fully saturated rings.